The summed E-state index contributed by atoms with van der Waals surface area (Å²) in [5, 5.41) is 14.6. The van der Waals surface area contributed by atoms with E-state index in [1.54, 1.807) is 24.0 Å². The van der Waals surface area contributed by atoms with Gasteiger partial charge in [-0.3, -0.25) is 9.36 Å². The maximum atomic E-state index is 13.0. The van der Waals surface area contributed by atoms with Crippen LogP contribution in [0.4, 0.5) is 13.2 Å². The minimum absolute atomic E-state index is 0.101. The van der Waals surface area contributed by atoms with Gasteiger partial charge in [0.15, 0.2) is 0 Å². The third-order valence-corrected chi connectivity index (χ3v) is 4.16. The van der Waals surface area contributed by atoms with E-state index in [4.69, 9.17) is 0 Å². The lowest BCUT2D eigenvalue weighted by molar-refractivity contribution is -0.144. The molecule has 0 fully saturated rings. The quantitative estimate of drug-likeness (QED) is 0.704. The van der Waals surface area contributed by atoms with Crippen molar-refractivity contribution in [2.45, 2.75) is 33.1 Å². The number of aromatic nitrogens is 6. The summed E-state index contributed by atoms with van der Waals surface area (Å²) in [6, 6.07) is 1.06. The summed E-state index contributed by atoms with van der Waals surface area (Å²) < 4.78 is 41.6. The molecule has 3 aromatic heterocycles. The molecule has 3 heterocycles. The Morgan fingerprint density at radius 3 is 2.75 bits per heavy atom. The average molecular weight is 356 g/mol. The van der Waals surface area contributed by atoms with E-state index in [1.165, 1.54) is 11.3 Å². The zero-order valence-corrected chi connectivity index (χ0v) is 13.8. The second-order valence-electron chi connectivity index (χ2n) is 5.62. The lowest BCUT2D eigenvalue weighted by Crippen LogP contribution is -2.20. The van der Waals surface area contributed by atoms with Crippen molar-refractivity contribution in [2.24, 2.45) is 5.92 Å². The van der Waals surface area contributed by atoms with Gasteiger partial charge in [0, 0.05) is 24.7 Å². The third kappa shape index (κ3) is 3.64. The van der Waals surface area contributed by atoms with Gasteiger partial charge < -0.3 is 0 Å². The Hall–Kier alpha value is -2.23. The minimum Gasteiger partial charge on any atom is -0.260 e. The van der Waals surface area contributed by atoms with Crippen LogP contribution in [0, 0.1) is 12.8 Å². The van der Waals surface area contributed by atoms with Crippen molar-refractivity contribution < 1.29 is 13.2 Å². The summed E-state index contributed by atoms with van der Waals surface area (Å²) in [7, 11) is 0. The van der Waals surface area contributed by atoms with Gasteiger partial charge in [0.2, 0.25) is 0 Å². The molecular formula is C14H15F3N6S. The largest absolute Gasteiger partial charge is 0.433 e. The second kappa shape index (κ2) is 6.34. The predicted octanol–water partition coefficient (Wildman–Crippen LogP) is 3.26. The third-order valence-electron chi connectivity index (χ3n) is 3.37. The first-order valence-corrected chi connectivity index (χ1v) is 8.12. The van der Waals surface area contributed by atoms with E-state index in [0.29, 0.717) is 17.9 Å². The first-order chi connectivity index (χ1) is 11.3. The van der Waals surface area contributed by atoms with E-state index in [2.05, 4.69) is 20.4 Å². The van der Waals surface area contributed by atoms with Crippen LogP contribution >= 0.6 is 11.3 Å². The van der Waals surface area contributed by atoms with Gasteiger partial charge in [0.1, 0.15) is 16.4 Å². The van der Waals surface area contributed by atoms with E-state index < -0.39 is 11.9 Å². The highest BCUT2D eigenvalue weighted by Gasteiger charge is 2.35. The number of hydrogen-bond donors (Lipinski definition) is 0. The zero-order chi connectivity index (χ0) is 17.3. The molecule has 0 aliphatic heterocycles. The number of alkyl halides is 3. The van der Waals surface area contributed by atoms with Crippen molar-refractivity contribution >= 4 is 11.3 Å². The molecular weight excluding hydrogens is 341 g/mol. The molecule has 10 heteroatoms. The first kappa shape index (κ1) is 16.6. The summed E-state index contributed by atoms with van der Waals surface area (Å²) in [5.41, 5.74) is 0.276. The highest BCUT2D eigenvalue weighted by Crippen LogP contribution is 2.30. The van der Waals surface area contributed by atoms with Gasteiger partial charge in [0.05, 0.1) is 11.9 Å². The summed E-state index contributed by atoms with van der Waals surface area (Å²) in [6.45, 7) is 3.99. The summed E-state index contributed by atoms with van der Waals surface area (Å²) in [6.07, 6.45) is -0.985. The average Bonchev–Trinajstić information content (AvgIpc) is 3.17. The second-order valence-corrected chi connectivity index (χ2v) is 6.51. The molecule has 0 N–H and O–H groups in total. The van der Waals surface area contributed by atoms with Crippen molar-refractivity contribution in [1.29, 1.82) is 0 Å². The van der Waals surface area contributed by atoms with E-state index >= 15 is 0 Å². The van der Waals surface area contributed by atoms with Gasteiger partial charge in [-0.05, 0) is 18.9 Å². The van der Waals surface area contributed by atoms with Gasteiger partial charge in [-0.1, -0.05) is 12.1 Å². The summed E-state index contributed by atoms with van der Waals surface area (Å²) in [5.74, 6) is -0.101. The highest BCUT2D eigenvalue weighted by molar-refractivity contribution is 7.13. The van der Waals surface area contributed by atoms with E-state index in [0.717, 1.165) is 15.8 Å². The monoisotopic (exact) mass is 356 g/mol. The van der Waals surface area contributed by atoms with Gasteiger partial charge in [0.25, 0.3) is 0 Å². The van der Waals surface area contributed by atoms with Crippen molar-refractivity contribution in [2.75, 3.05) is 0 Å². The fraction of sp³-hybridized carbons (Fsp3) is 0.429. The zero-order valence-electron chi connectivity index (χ0n) is 13.0. The van der Waals surface area contributed by atoms with Crippen molar-refractivity contribution in [3.05, 3.63) is 35.2 Å². The molecule has 0 saturated carbocycles. The number of thiazole rings is 1. The standard InChI is InChI=1S/C14H15F3N6S/c1-9(7-23-12(14(15,16)17)5-10(2)20-23)6-22-8-11(19-21-22)13-18-3-4-24-13/h3-5,8-9H,6-7H2,1-2H3. The van der Waals surface area contributed by atoms with E-state index in [1.807, 2.05) is 12.3 Å². The lowest BCUT2D eigenvalue weighted by Gasteiger charge is -2.15. The van der Waals surface area contributed by atoms with E-state index in [-0.39, 0.29) is 12.5 Å². The van der Waals surface area contributed by atoms with Crippen LogP contribution in [0.15, 0.2) is 23.8 Å². The Bertz CT molecular complexity index is 805. The first-order valence-electron chi connectivity index (χ1n) is 7.24. The molecule has 6 nitrogen and oxygen atoms in total. The minimum atomic E-state index is -4.41. The van der Waals surface area contributed by atoms with Crippen LogP contribution in [-0.2, 0) is 19.3 Å². The molecule has 1 unspecified atom stereocenters. The highest BCUT2D eigenvalue weighted by atomic mass is 32.1. The van der Waals surface area contributed by atoms with Gasteiger partial charge in [-0.15, -0.1) is 16.4 Å². The molecule has 0 aliphatic carbocycles. The predicted molar refractivity (Wildman–Crippen MR) is 82.3 cm³/mol. The molecule has 3 rings (SSSR count). The smallest absolute Gasteiger partial charge is 0.260 e. The van der Waals surface area contributed by atoms with Crippen LogP contribution < -0.4 is 0 Å². The van der Waals surface area contributed by atoms with Gasteiger partial charge in [-0.25, -0.2) is 4.98 Å². The molecule has 1 atom stereocenters. The molecule has 0 saturated heterocycles. The summed E-state index contributed by atoms with van der Waals surface area (Å²) >= 11 is 1.45. The Morgan fingerprint density at radius 1 is 1.29 bits per heavy atom. The molecule has 0 bridgehead atoms. The maximum Gasteiger partial charge on any atom is 0.433 e. The lowest BCUT2D eigenvalue weighted by atomic mass is 10.2. The fourth-order valence-corrected chi connectivity index (χ4v) is 3.01. The molecule has 128 valence electrons. The van der Waals surface area contributed by atoms with Crippen molar-refractivity contribution in [3.63, 3.8) is 0 Å². The normalized spacial score (nSPS) is 13.4. The van der Waals surface area contributed by atoms with Crippen LogP contribution in [0.1, 0.15) is 18.3 Å². The molecule has 24 heavy (non-hydrogen) atoms. The van der Waals surface area contributed by atoms with Crippen LogP contribution in [0.5, 0.6) is 0 Å². The van der Waals surface area contributed by atoms with Gasteiger partial charge in [-0.2, -0.15) is 18.3 Å². The Kier molecular flexibility index (Phi) is 4.39. The SMILES string of the molecule is Cc1cc(C(F)(F)F)n(CC(C)Cn2cc(-c3nccs3)nn2)n1. The molecule has 0 aromatic carbocycles. The fourth-order valence-electron chi connectivity index (χ4n) is 2.42. The van der Waals surface area contributed by atoms with Crippen molar-refractivity contribution in [1.82, 2.24) is 29.8 Å². The van der Waals surface area contributed by atoms with Crippen LogP contribution in [0.25, 0.3) is 10.7 Å². The molecule has 0 radical (unpaired) electrons. The van der Waals surface area contributed by atoms with Crippen LogP contribution in [-0.4, -0.2) is 29.8 Å². The number of nitrogens with zero attached hydrogens (tertiary/aromatic N) is 6. The number of aryl methyl sites for hydroxylation is 1. The Labute approximate surface area is 139 Å². The number of rotatable bonds is 5. The number of hydrogen-bond acceptors (Lipinski definition) is 5. The summed E-state index contributed by atoms with van der Waals surface area (Å²) in [4.78, 5) is 4.15. The van der Waals surface area contributed by atoms with Crippen LogP contribution in [0.3, 0.4) is 0 Å². The van der Waals surface area contributed by atoms with E-state index in [9.17, 15) is 13.2 Å². The van der Waals surface area contributed by atoms with Gasteiger partial charge >= 0.3 is 6.18 Å². The Balaban J connectivity index is 1.69. The van der Waals surface area contributed by atoms with Crippen LogP contribution in [0.2, 0.25) is 0 Å². The Morgan fingerprint density at radius 2 is 2.08 bits per heavy atom. The maximum absolute atomic E-state index is 13.0. The molecule has 0 amide bonds. The molecule has 3 aromatic rings. The number of halogens is 3. The topological polar surface area (TPSA) is 61.4 Å². The molecule has 0 aliphatic rings. The van der Waals surface area contributed by atoms with Crippen molar-refractivity contribution in [3.8, 4) is 10.7 Å². The molecule has 0 spiro atoms.